The summed E-state index contributed by atoms with van der Waals surface area (Å²) in [5, 5.41) is 6.67. The van der Waals surface area contributed by atoms with Crippen molar-refractivity contribution in [3.63, 3.8) is 0 Å². The minimum absolute atomic E-state index is 0.162. The zero-order valence-electron chi connectivity index (χ0n) is 16.8. The molecule has 0 saturated heterocycles. The SMILES string of the molecule is Cc1cc(NCCCc2ccccc2)nc(Nc2ccc(OC(C)C)cc2)n1. The third kappa shape index (κ3) is 6.27. The van der Waals surface area contributed by atoms with Gasteiger partial charge in [-0.2, -0.15) is 4.98 Å². The van der Waals surface area contributed by atoms with E-state index < -0.39 is 0 Å². The molecule has 0 aliphatic carbocycles. The molecule has 0 saturated carbocycles. The molecule has 0 atom stereocenters. The Morgan fingerprint density at radius 2 is 1.71 bits per heavy atom. The predicted octanol–water partition coefficient (Wildman–Crippen LogP) is 5.36. The molecule has 2 aromatic carbocycles. The number of benzene rings is 2. The number of hydrogen-bond donors (Lipinski definition) is 2. The molecule has 2 N–H and O–H groups in total. The molecule has 0 amide bonds. The number of nitrogens with one attached hydrogen (secondary N) is 2. The highest BCUT2D eigenvalue weighted by molar-refractivity contribution is 5.56. The van der Waals surface area contributed by atoms with Crippen LogP contribution in [0.3, 0.4) is 0 Å². The summed E-state index contributed by atoms with van der Waals surface area (Å²) in [6, 6.07) is 20.3. The van der Waals surface area contributed by atoms with Crippen LogP contribution in [0.25, 0.3) is 0 Å². The van der Waals surface area contributed by atoms with E-state index in [-0.39, 0.29) is 6.10 Å². The minimum Gasteiger partial charge on any atom is -0.491 e. The third-order valence-corrected chi connectivity index (χ3v) is 4.13. The summed E-state index contributed by atoms with van der Waals surface area (Å²) in [5.41, 5.74) is 3.20. The first-order chi connectivity index (χ1) is 13.6. The Balaban J connectivity index is 1.55. The molecule has 0 unspecified atom stereocenters. The van der Waals surface area contributed by atoms with Crippen LogP contribution in [-0.4, -0.2) is 22.6 Å². The van der Waals surface area contributed by atoms with Gasteiger partial charge < -0.3 is 15.4 Å². The number of hydrogen-bond acceptors (Lipinski definition) is 5. The Morgan fingerprint density at radius 1 is 0.964 bits per heavy atom. The third-order valence-electron chi connectivity index (χ3n) is 4.13. The summed E-state index contributed by atoms with van der Waals surface area (Å²) in [7, 11) is 0. The average Bonchev–Trinajstić information content (AvgIpc) is 2.67. The smallest absolute Gasteiger partial charge is 0.229 e. The quantitative estimate of drug-likeness (QED) is 0.492. The number of aryl methyl sites for hydroxylation is 2. The summed E-state index contributed by atoms with van der Waals surface area (Å²) < 4.78 is 5.68. The van der Waals surface area contributed by atoms with Crippen molar-refractivity contribution in [3.8, 4) is 5.75 Å². The van der Waals surface area contributed by atoms with Crippen molar-refractivity contribution in [3.05, 3.63) is 71.9 Å². The van der Waals surface area contributed by atoms with Crippen molar-refractivity contribution in [2.75, 3.05) is 17.2 Å². The maximum absolute atomic E-state index is 5.68. The Morgan fingerprint density at radius 3 is 2.43 bits per heavy atom. The van der Waals surface area contributed by atoms with E-state index in [2.05, 4.69) is 44.9 Å². The van der Waals surface area contributed by atoms with Crippen LogP contribution in [0.5, 0.6) is 5.75 Å². The van der Waals surface area contributed by atoms with Crippen molar-refractivity contribution in [2.24, 2.45) is 0 Å². The van der Waals surface area contributed by atoms with Crippen LogP contribution in [0, 0.1) is 6.92 Å². The van der Waals surface area contributed by atoms with Crippen molar-refractivity contribution in [1.29, 1.82) is 0 Å². The summed E-state index contributed by atoms with van der Waals surface area (Å²) in [6.07, 6.45) is 2.26. The highest BCUT2D eigenvalue weighted by Gasteiger charge is 2.04. The lowest BCUT2D eigenvalue weighted by molar-refractivity contribution is 0.242. The van der Waals surface area contributed by atoms with E-state index in [9.17, 15) is 0 Å². The lowest BCUT2D eigenvalue weighted by Crippen LogP contribution is -2.08. The zero-order chi connectivity index (χ0) is 19.8. The van der Waals surface area contributed by atoms with Crippen LogP contribution in [0.1, 0.15) is 31.5 Å². The largest absolute Gasteiger partial charge is 0.491 e. The monoisotopic (exact) mass is 376 g/mol. The second-order valence-corrected chi connectivity index (χ2v) is 7.05. The van der Waals surface area contributed by atoms with Crippen molar-refractivity contribution in [1.82, 2.24) is 9.97 Å². The second-order valence-electron chi connectivity index (χ2n) is 7.05. The topological polar surface area (TPSA) is 59.1 Å². The molecule has 0 fully saturated rings. The van der Waals surface area contributed by atoms with Gasteiger partial charge in [0.2, 0.25) is 5.95 Å². The van der Waals surface area contributed by atoms with Gasteiger partial charge in [0.1, 0.15) is 11.6 Å². The first-order valence-corrected chi connectivity index (χ1v) is 9.76. The van der Waals surface area contributed by atoms with Gasteiger partial charge in [0.05, 0.1) is 6.10 Å². The van der Waals surface area contributed by atoms with Gasteiger partial charge in [-0.05, 0) is 63.4 Å². The zero-order valence-corrected chi connectivity index (χ0v) is 16.8. The van der Waals surface area contributed by atoms with Gasteiger partial charge >= 0.3 is 0 Å². The predicted molar refractivity (Wildman–Crippen MR) is 116 cm³/mol. The molecular formula is C23H28N4O. The van der Waals surface area contributed by atoms with Crippen LogP contribution in [0.2, 0.25) is 0 Å². The van der Waals surface area contributed by atoms with Gasteiger partial charge in [-0.3, -0.25) is 0 Å². The molecule has 1 heterocycles. The summed E-state index contributed by atoms with van der Waals surface area (Å²) in [4.78, 5) is 9.06. The van der Waals surface area contributed by atoms with Crippen molar-refractivity contribution >= 4 is 17.5 Å². The fourth-order valence-corrected chi connectivity index (χ4v) is 2.89. The molecule has 5 nitrogen and oxygen atoms in total. The number of nitrogens with zero attached hydrogens (tertiary/aromatic N) is 2. The van der Waals surface area contributed by atoms with Gasteiger partial charge in [-0.15, -0.1) is 0 Å². The maximum atomic E-state index is 5.68. The Kier molecular flexibility index (Phi) is 6.84. The fraction of sp³-hybridized carbons (Fsp3) is 0.304. The van der Waals surface area contributed by atoms with E-state index in [0.717, 1.165) is 42.3 Å². The van der Waals surface area contributed by atoms with Gasteiger partial charge in [0.25, 0.3) is 0 Å². The molecule has 0 aliphatic heterocycles. The van der Waals surface area contributed by atoms with E-state index in [1.54, 1.807) is 0 Å². The molecule has 3 rings (SSSR count). The number of rotatable bonds is 9. The van der Waals surface area contributed by atoms with E-state index in [4.69, 9.17) is 4.74 Å². The van der Waals surface area contributed by atoms with Crippen LogP contribution >= 0.6 is 0 Å². The van der Waals surface area contributed by atoms with E-state index in [1.807, 2.05) is 57.2 Å². The molecule has 0 bridgehead atoms. The van der Waals surface area contributed by atoms with Gasteiger partial charge in [-0.1, -0.05) is 30.3 Å². The van der Waals surface area contributed by atoms with Crippen molar-refractivity contribution < 1.29 is 4.74 Å². The molecule has 0 spiro atoms. The van der Waals surface area contributed by atoms with E-state index in [1.165, 1.54) is 5.56 Å². The first kappa shape index (κ1) is 19.7. The van der Waals surface area contributed by atoms with E-state index in [0.29, 0.717) is 5.95 Å². The Hall–Kier alpha value is -3.08. The van der Waals surface area contributed by atoms with Crippen LogP contribution in [0.15, 0.2) is 60.7 Å². The van der Waals surface area contributed by atoms with E-state index >= 15 is 0 Å². The first-order valence-electron chi connectivity index (χ1n) is 9.76. The average molecular weight is 377 g/mol. The molecule has 3 aromatic rings. The summed E-state index contributed by atoms with van der Waals surface area (Å²) in [6.45, 7) is 6.87. The summed E-state index contributed by atoms with van der Waals surface area (Å²) in [5.74, 6) is 2.28. The summed E-state index contributed by atoms with van der Waals surface area (Å²) >= 11 is 0. The van der Waals surface area contributed by atoms with Crippen LogP contribution in [-0.2, 0) is 6.42 Å². The number of ether oxygens (including phenoxy) is 1. The number of anilines is 3. The van der Waals surface area contributed by atoms with Gasteiger partial charge in [0.15, 0.2) is 0 Å². The Bertz CT molecular complexity index is 864. The highest BCUT2D eigenvalue weighted by Crippen LogP contribution is 2.20. The molecule has 0 radical (unpaired) electrons. The molecular weight excluding hydrogens is 348 g/mol. The minimum atomic E-state index is 0.162. The molecule has 5 heteroatoms. The maximum Gasteiger partial charge on any atom is 0.229 e. The molecule has 28 heavy (non-hydrogen) atoms. The fourth-order valence-electron chi connectivity index (χ4n) is 2.89. The lowest BCUT2D eigenvalue weighted by Gasteiger charge is -2.12. The van der Waals surface area contributed by atoms with Crippen LogP contribution < -0.4 is 15.4 Å². The molecule has 1 aromatic heterocycles. The second kappa shape index (κ2) is 9.74. The normalized spacial score (nSPS) is 10.7. The van der Waals surface area contributed by atoms with Crippen molar-refractivity contribution in [2.45, 2.75) is 39.7 Å². The molecule has 0 aliphatic rings. The Labute approximate surface area is 167 Å². The van der Waals surface area contributed by atoms with Gasteiger partial charge in [-0.25, -0.2) is 4.98 Å². The molecule has 146 valence electrons. The standard InChI is InChI=1S/C23H28N4O/c1-17(2)28-21-13-11-20(12-14-21)26-23-25-18(3)16-22(27-23)24-15-7-10-19-8-5-4-6-9-19/h4-6,8-9,11-14,16-17H,7,10,15H2,1-3H3,(H2,24,25,26,27). The number of aromatic nitrogens is 2. The van der Waals surface area contributed by atoms with Crippen LogP contribution in [0.4, 0.5) is 17.5 Å². The lowest BCUT2D eigenvalue weighted by atomic mass is 10.1. The van der Waals surface area contributed by atoms with Gasteiger partial charge in [0, 0.05) is 24.0 Å². The highest BCUT2D eigenvalue weighted by atomic mass is 16.5.